The molecule has 1 rings (SSSR count). The highest BCUT2D eigenvalue weighted by Gasteiger charge is 2.09. The zero-order valence-electron chi connectivity index (χ0n) is 17.9. The predicted octanol–water partition coefficient (Wildman–Crippen LogP) is 7.11. The number of anilines is 1. The third-order valence-electron chi connectivity index (χ3n) is 5.27. The highest BCUT2D eigenvalue weighted by atomic mass is 16.4. The zero-order chi connectivity index (χ0) is 20.6. The van der Waals surface area contributed by atoms with Gasteiger partial charge in [-0.2, -0.15) is 0 Å². The number of hydrogen-bond donors (Lipinski definition) is 2. The van der Waals surface area contributed by atoms with Crippen molar-refractivity contribution in [3.8, 4) is 0 Å². The number of carboxylic acid groups (broad SMARTS) is 1. The van der Waals surface area contributed by atoms with Crippen molar-refractivity contribution in [3.63, 3.8) is 0 Å². The van der Waals surface area contributed by atoms with Gasteiger partial charge in [0.05, 0.1) is 5.56 Å². The van der Waals surface area contributed by atoms with Gasteiger partial charge < -0.3 is 10.4 Å². The van der Waals surface area contributed by atoms with Gasteiger partial charge in [0.25, 0.3) is 0 Å². The van der Waals surface area contributed by atoms with Crippen LogP contribution in [0.15, 0.2) is 18.2 Å². The Morgan fingerprint density at radius 2 is 1.32 bits per heavy atom. The average molecular weight is 390 g/mol. The van der Waals surface area contributed by atoms with Gasteiger partial charge in [-0.05, 0) is 31.0 Å². The van der Waals surface area contributed by atoms with E-state index in [0.717, 1.165) is 18.4 Å². The lowest BCUT2D eigenvalue weighted by Gasteiger charge is -2.09. The molecule has 1 aromatic rings. The van der Waals surface area contributed by atoms with Crippen molar-refractivity contribution >= 4 is 17.6 Å². The smallest absolute Gasteiger partial charge is 0.335 e. The minimum absolute atomic E-state index is 0.0336. The summed E-state index contributed by atoms with van der Waals surface area (Å²) in [5.41, 5.74) is 1.67. The first-order valence-electron chi connectivity index (χ1n) is 11.2. The summed E-state index contributed by atoms with van der Waals surface area (Å²) in [6, 6.07) is 4.81. The number of amides is 1. The minimum Gasteiger partial charge on any atom is -0.478 e. The standard InChI is InChI=1S/C24H39NO3/c1-3-4-5-6-7-8-9-10-11-12-13-14-15-16-23(26)25-22-19-21(24(27)28)18-17-20(22)2/h17-19H,3-16H2,1-2H3,(H,25,26)(H,27,28). The molecule has 0 fully saturated rings. The van der Waals surface area contributed by atoms with Gasteiger partial charge >= 0.3 is 5.97 Å². The fourth-order valence-corrected chi connectivity index (χ4v) is 3.41. The van der Waals surface area contributed by atoms with E-state index in [1.807, 2.05) is 6.92 Å². The molecule has 28 heavy (non-hydrogen) atoms. The third-order valence-corrected chi connectivity index (χ3v) is 5.27. The van der Waals surface area contributed by atoms with Crippen molar-refractivity contribution in [2.24, 2.45) is 0 Å². The summed E-state index contributed by atoms with van der Waals surface area (Å²) in [6.45, 7) is 4.12. The monoisotopic (exact) mass is 389 g/mol. The summed E-state index contributed by atoms with van der Waals surface area (Å²) in [5, 5.41) is 11.9. The summed E-state index contributed by atoms with van der Waals surface area (Å²) in [7, 11) is 0. The van der Waals surface area contributed by atoms with Crippen LogP contribution in [0.3, 0.4) is 0 Å². The van der Waals surface area contributed by atoms with Crippen molar-refractivity contribution in [3.05, 3.63) is 29.3 Å². The third kappa shape index (κ3) is 11.1. The van der Waals surface area contributed by atoms with Gasteiger partial charge in [-0.1, -0.05) is 90.0 Å². The lowest BCUT2D eigenvalue weighted by atomic mass is 10.0. The first kappa shape index (κ1) is 24.2. The molecule has 0 spiro atoms. The Morgan fingerprint density at radius 3 is 1.82 bits per heavy atom. The molecule has 1 aromatic carbocycles. The zero-order valence-corrected chi connectivity index (χ0v) is 17.9. The number of carboxylic acids is 1. The van der Waals surface area contributed by atoms with Gasteiger partial charge in [0, 0.05) is 12.1 Å². The topological polar surface area (TPSA) is 66.4 Å². The Balaban J connectivity index is 2.03. The first-order chi connectivity index (χ1) is 13.5. The van der Waals surface area contributed by atoms with Crippen LogP contribution in [-0.4, -0.2) is 17.0 Å². The summed E-state index contributed by atoms with van der Waals surface area (Å²) in [6.07, 6.45) is 17.2. The van der Waals surface area contributed by atoms with Crippen LogP contribution in [0.5, 0.6) is 0 Å². The number of carbonyl (C=O) groups excluding carboxylic acids is 1. The van der Waals surface area contributed by atoms with Crippen LogP contribution in [0.1, 0.15) is 113 Å². The van der Waals surface area contributed by atoms with Gasteiger partial charge in [-0.15, -0.1) is 0 Å². The van der Waals surface area contributed by atoms with E-state index in [1.54, 1.807) is 12.1 Å². The van der Waals surface area contributed by atoms with Gasteiger partial charge in [-0.25, -0.2) is 4.79 Å². The molecule has 0 radical (unpaired) electrons. The van der Waals surface area contributed by atoms with Crippen LogP contribution < -0.4 is 5.32 Å². The SMILES string of the molecule is CCCCCCCCCCCCCCCC(=O)Nc1cc(C(=O)O)ccc1C. The van der Waals surface area contributed by atoms with E-state index in [-0.39, 0.29) is 11.5 Å². The fraction of sp³-hybridized carbons (Fsp3) is 0.667. The normalized spacial score (nSPS) is 10.8. The van der Waals surface area contributed by atoms with Gasteiger partial charge in [0.2, 0.25) is 5.91 Å². The molecule has 0 bridgehead atoms. The molecule has 1 amide bonds. The molecule has 0 saturated carbocycles. The number of carbonyl (C=O) groups is 2. The average Bonchev–Trinajstić information content (AvgIpc) is 2.67. The molecule has 2 N–H and O–H groups in total. The number of nitrogens with one attached hydrogen (secondary N) is 1. The molecule has 4 heteroatoms. The molecular weight excluding hydrogens is 350 g/mol. The van der Waals surface area contributed by atoms with Crippen LogP contribution in [0.4, 0.5) is 5.69 Å². The molecule has 0 heterocycles. The van der Waals surface area contributed by atoms with Gasteiger partial charge in [-0.3, -0.25) is 4.79 Å². The number of aromatic carboxylic acids is 1. The van der Waals surface area contributed by atoms with E-state index < -0.39 is 5.97 Å². The van der Waals surface area contributed by atoms with Crippen LogP contribution in [0.2, 0.25) is 0 Å². The van der Waals surface area contributed by atoms with Gasteiger partial charge in [0.15, 0.2) is 0 Å². The number of hydrogen-bond acceptors (Lipinski definition) is 2. The van der Waals surface area contributed by atoms with Gasteiger partial charge in [0.1, 0.15) is 0 Å². The van der Waals surface area contributed by atoms with Crippen molar-refractivity contribution in [2.75, 3.05) is 5.32 Å². The van der Waals surface area contributed by atoms with Crippen molar-refractivity contribution in [2.45, 2.75) is 104 Å². The second kappa shape index (κ2) is 15.1. The van der Waals surface area contributed by atoms with Crippen LogP contribution in [-0.2, 0) is 4.79 Å². The summed E-state index contributed by atoms with van der Waals surface area (Å²) < 4.78 is 0. The van der Waals surface area contributed by atoms with Crippen molar-refractivity contribution in [1.82, 2.24) is 0 Å². The maximum atomic E-state index is 12.1. The first-order valence-corrected chi connectivity index (χ1v) is 11.2. The van der Waals surface area contributed by atoms with E-state index in [1.165, 1.54) is 76.7 Å². The summed E-state index contributed by atoms with van der Waals surface area (Å²) in [5.74, 6) is -1.01. The minimum atomic E-state index is -0.980. The molecular formula is C24H39NO3. The number of aryl methyl sites for hydroxylation is 1. The lowest BCUT2D eigenvalue weighted by Crippen LogP contribution is -2.12. The number of benzene rings is 1. The fourth-order valence-electron chi connectivity index (χ4n) is 3.41. The molecule has 4 nitrogen and oxygen atoms in total. The quantitative estimate of drug-likeness (QED) is 0.296. The molecule has 158 valence electrons. The Labute approximate surface area is 171 Å². The summed E-state index contributed by atoms with van der Waals surface area (Å²) >= 11 is 0. The second-order valence-electron chi connectivity index (χ2n) is 7.88. The van der Waals surface area contributed by atoms with Crippen LogP contribution in [0, 0.1) is 6.92 Å². The number of unbranched alkanes of at least 4 members (excludes halogenated alkanes) is 12. The summed E-state index contributed by atoms with van der Waals surface area (Å²) in [4.78, 5) is 23.1. The molecule has 0 atom stereocenters. The highest BCUT2D eigenvalue weighted by molar-refractivity contribution is 5.94. The lowest BCUT2D eigenvalue weighted by molar-refractivity contribution is -0.116. The van der Waals surface area contributed by atoms with E-state index in [4.69, 9.17) is 5.11 Å². The van der Waals surface area contributed by atoms with E-state index in [2.05, 4.69) is 12.2 Å². The van der Waals surface area contributed by atoms with E-state index >= 15 is 0 Å². The molecule has 0 aliphatic rings. The van der Waals surface area contributed by atoms with Crippen molar-refractivity contribution < 1.29 is 14.7 Å². The molecule has 0 aliphatic carbocycles. The molecule has 0 unspecified atom stereocenters. The maximum Gasteiger partial charge on any atom is 0.335 e. The molecule has 0 aliphatic heterocycles. The Hall–Kier alpha value is -1.84. The Bertz CT molecular complexity index is 583. The molecule has 0 aromatic heterocycles. The van der Waals surface area contributed by atoms with Crippen molar-refractivity contribution in [1.29, 1.82) is 0 Å². The number of rotatable bonds is 16. The van der Waals surface area contributed by atoms with E-state index in [9.17, 15) is 9.59 Å². The van der Waals surface area contributed by atoms with E-state index in [0.29, 0.717) is 12.1 Å². The molecule has 0 saturated heterocycles. The Morgan fingerprint density at radius 1 is 0.821 bits per heavy atom. The van der Waals surface area contributed by atoms with Crippen LogP contribution in [0.25, 0.3) is 0 Å². The second-order valence-corrected chi connectivity index (χ2v) is 7.88. The Kier molecular flexibility index (Phi) is 13.1. The maximum absolute atomic E-state index is 12.1. The predicted molar refractivity (Wildman–Crippen MR) is 117 cm³/mol. The highest BCUT2D eigenvalue weighted by Crippen LogP contribution is 2.18. The van der Waals surface area contributed by atoms with Crippen LogP contribution >= 0.6 is 0 Å². The largest absolute Gasteiger partial charge is 0.478 e.